The average Bonchev–Trinajstić information content (AvgIpc) is 2.75. The molecule has 0 spiro atoms. The maximum atomic E-state index is 12.5. The van der Waals surface area contributed by atoms with Gasteiger partial charge in [-0.25, -0.2) is 0 Å². The monoisotopic (exact) mass is 402 g/mol. The van der Waals surface area contributed by atoms with Gasteiger partial charge in [-0.1, -0.05) is 30.3 Å². The zero-order valence-electron chi connectivity index (χ0n) is 17.2. The fourth-order valence-corrected chi connectivity index (χ4v) is 2.89. The summed E-state index contributed by atoms with van der Waals surface area (Å²) in [5.74, 6) is 0.374. The predicted octanol–water partition coefficient (Wildman–Crippen LogP) is 4.70. The number of ether oxygens (including phenoxy) is 1. The molecular formula is C25H26N2O3. The first kappa shape index (κ1) is 21.1. The van der Waals surface area contributed by atoms with Crippen molar-refractivity contribution in [2.24, 2.45) is 0 Å². The van der Waals surface area contributed by atoms with Crippen LogP contribution in [-0.4, -0.2) is 24.5 Å². The van der Waals surface area contributed by atoms with Gasteiger partial charge in [-0.2, -0.15) is 0 Å². The van der Waals surface area contributed by atoms with Crippen LogP contribution in [0.3, 0.4) is 0 Å². The van der Waals surface area contributed by atoms with Crippen LogP contribution in [0.5, 0.6) is 5.75 Å². The smallest absolute Gasteiger partial charge is 0.255 e. The highest BCUT2D eigenvalue weighted by molar-refractivity contribution is 6.04. The zero-order valence-corrected chi connectivity index (χ0v) is 17.2. The molecule has 0 radical (unpaired) electrons. The van der Waals surface area contributed by atoms with Crippen LogP contribution >= 0.6 is 0 Å². The maximum absolute atomic E-state index is 12.5. The molecule has 3 aromatic carbocycles. The lowest BCUT2D eigenvalue weighted by Crippen LogP contribution is -2.30. The fourth-order valence-electron chi connectivity index (χ4n) is 2.89. The second-order valence-corrected chi connectivity index (χ2v) is 7.27. The summed E-state index contributed by atoms with van der Waals surface area (Å²) in [5, 5.41) is 5.67. The lowest BCUT2D eigenvalue weighted by Gasteiger charge is -2.10. The van der Waals surface area contributed by atoms with Gasteiger partial charge in [-0.05, 0) is 67.9 Å². The lowest BCUT2D eigenvalue weighted by atomic mass is 10.1. The molecule has 5 heteroatoms. The number of anilines is 1. The summed E-state index contributed by atoms with van der Waals surface area (Å²) in [6, 6.07) is 24.1. The van der Waals surface area contributed by atoms with Crippen LogP contribution in [0, 0.1) is 0 Å². The molecule has 0 saturated carbocycles. The summed E-state index contributed by atoms with van der Waals surface area (Å²) in [4.78, 5) is 24.4. The maximum Gasteiger partial charge on any atom is 0.255 e. The van der Waals surface area contributed by atoms with E-state index in [1.54, 1.807) is 48.5 Å². The molecule has 0 heterocycles. The molecule has 5 nitrogen and oxygen atoms in total. The van der Waals surface area contributed by atoms with Crippen molar-refractivity contribution in [2.45, 2.75) is 26.3 Å². The van der Waals surface area contributed by atoms with Crippen molar-refractivity contribution in [1.82, 2.24) is 5.32 Å². The summed E-state index contributed by atoms with van der Waals surface area (Å²) in [5.41, 5.74) is 2.94. The molecule has 0 fully saturated rings. The molecule has 0 bridgehead atoms. The molecule has 2 N–H and O–H groups in total. The molecule has 0 aromatic heterocycles. The Morgan fingerprint density at radius 2 is 1.40 bits per heavy atom. The molecule has 0 unspecified atom stereocenters. The Labute approximate surface area is 177 Å². The van der Waals surface area contributed by atoms with Crippen LogP contribution in [0.15, 0.2) is 78.9 Å². The van der Waals surface area contributed by atoms with Crippen molar-refractivity contribution in [2.75, 3.05) is 11.9 Å². The third-order valence-corrected chi connectivity index (χ3v) is 4.44. The lowest BCUT2D eigenvalue weighted by molar-refractivity contribution is 0.0942. The summed E-state index contributed by atoms with van der Waals surface area (Å²) in [7, 11) is 0. The highest BCUT2D eigenvalue weighted by Gasteiger charge is 2.09. The third-order valence-electron chi connectivity index (χ3n) is 4.44. The highest BCUT2D eigenvalue weighted by atomic mass is 16.5. The first-order valence-electron chi connectivity index (χ1n) is 10.0. The second-order valence-electron chi connectivity index (χ2n) is 7.27. The summed E-state index contributed by atoms with van der Waals surface area (Å²) in [6.07, 6.45) is 0.828. The first-order chi connectivity index (χ1) is 14.5. The predicted molar refractivity (Wildman–Crippen MR) is 119 cm³/mol. The van der Waals surface area contributed by atoms with Gasteiger partial charge in [0.05, 0.1) is 6.61 Å². The van der Waals surface area contributed by atoms with Crippen LogP contribution in [-0.2, 0) is 6.42 Å². The Morgan fingerprint density at radius 1 is 0.800 bits per heavy atom. The third kappa shape index (κ3) is 6.21. The van der Waals surface area contributed by atoms with Crippen LogP contribution in [0.1, 0.15) is 40.1 Å². The van der Waals surface area contributed by atoms with Gasteiger partial charge >= 0.3 is 0 Å². The van der Waals surface area contributed by atoms with Crippen molar-refractivity contribution in [3.8, 4) is 5.75 Å². The Balaban J connectivity index is 1.51. The van der Waals surface area contributed by atoms with E-state index in [1.165, 1.54) is 5.56 Å². The Kier molecular flexibility index (Phi) is 7.22. The van der Waals surface area contributed by atoms with Crippen molar-refractivity contribution in [1.29, 1.82) is 0 Å². The molecule has 0 aliphatic rings. The largest absolute Gasteiger partial charge is 0.493 e. The van der Waals surface area contributed by atoms with E-state index in [9.17, 15) is 9.59 Å². The first-order valence-corrected chi connectivity index (χ1v) is 10.0. The Bertz CT molecular complexity index is 966. The van der Waals surface area contributed by atoms with E-state index in [2.05, 4.69) is 22.8 Å². The number of nitrogens with one attached hydrogen (secondary N) is 2. The normalized spacial score (nSPS) is 10.5. The van der Waals surface area contributed by atoms with E-state index in [-0.39, 0.29) is 17.9 Å². The molecule has 0 saturated heterocycles. The number of benzene rings is 3. The Hall–Kier alpha value is -3.60. The summed E-state index contributed by atoms with van der Waals surface area (Å²) >= 11 is 0. The molecule has 3 rings (SSSR count). The number of rotatable bonds is 8. The van der Waals surface area contributed by atoms with Crippen molar-refractivity contribution >= 4 is 17.5 Å². The molecule has 0 aliphatic carbocycles. The fraction of sp³-hybridized carbons (Fsp3) is 0.200. The van der Waals surface area contributed by atoms with E-state index in [0.717, 1.165) is 12.2 Å². The molecule has 2 amide bonds. The van der Waals surface area contributed by atoms with E-state index < -0.39 is 0 Å². The summed E-state index contributed by atoms with van der Waals surface area (Å²) in [6.45, 7) is 4.39. The SMILES string of the molecule is CC(C)NC(=O)c1ccc(NC(=O)c2ccc(OCCc3ccccc3)cc2)cc1. The van der Waals surface area contributed by atoms with Crippen molar-refractivity contribution in [3.63, 3.8) is 0 Å². The highest BCUT2D eigenvalue weighted by Crippen LogP contribution is 2.15. The van der Waals surface area contributed by atoms with Gasteiger partial charge in [0, 0.05) is 29.3 Å². The second kappa shape index (κ2) is 10.3. The molecule has 0 atom stereocenters. The molecular weight excluding hydrogens is 376 g/mol. The van der Waals surface area contributed by atoms with E-state index in [4.69, 9.17) is 4.74 Å². The molecule has 3 aromatic rings. The minimum absolute atomic E-state index is 0.0715. The van der Waals surface area contributed by atoms with Crippen LogP contribution in [0.4, 0.5) is 5.69 Å². The minimum atomic E-state index is -0.217. The average molecular weight is 402 g/mol. The Morgan fingerprint density at radius 3 is 2.03 bits per heavy atom. The standard InChI is InChI=1S/C25H26N2O3/c1-18(2)26-24(28)20-8-12-22(13-9-20)27-25(29)21-10-14-23(15-11-21)30-17-16-19-6-4-3-5-7-19/h3-15,18H,16-17H2,1-2H3,(H,26,28)(H,27,29). The topological polar surface area (TPSA) is 67.4 Å². The van der Waals surface area contributed by atoms with Gasteiger partial charge in [-0.3, -0.25) is 9.59 Å². The van der Waals surface area contributed by atoms with E-state index in [0.29, 0.717) is 23.4 Å². The number of hydrogen-bond donors (Lipinski definition) is 2. The van der Waals surface area contributed by atoms with Gasteiger partial charge in [0.25, 0.3) is 11.8 Å². The zero-order chi connectivity index (χ0) is 21.3. The van der Waals surface area contributed by atoms with E-state index in [1.807, 2.05) is 32.0 Å². The van der Waals surface area contributed by atoms with E-state index >= 15 is 0 Å². The summed E-state index contributed by atoms with van der Waals surface area (Å²) < 4.78 is 5.76. The van der Waals surface area contributed by atoms with Gasteiger partial charge in [0.1, 0.15) is 5.75 Å². The van der Waals surface area contributed by atoms with Crippen LogP contribution in [0.25, 0.3) is 0 Å². The number of carbonyl (C=O) groups is 2. The van der Waals surface area contributed by atoms with Crippen molar-refractivity contribution in [3.05, 3.63) is 95.6 Å². The molecule has 154 valence electrons. The molecule has 0 aliphatic heterocycles. The quantitative estimate of drug-likeness (QED) is 0.574. The van der Waals surface area contributed by atoms with Gasteiger partial charge < -0.3 is 15.4 Å². The number of amides is 2. The minimum Gasteiger partial charge on any atom is -0.493 e. The van der Waals surface area contributed by atoms with Gasteiger partial charge in [-0.15, -0.1) is 0 Å². The molecule has 30 heavy (non-hydrogen) atoms. The number of carbonyl (C=O) groups excluding carboxylic acids is 2. The van der Waals surface area contributed by atoms with Crippen LogP contribution < -0.4 is 15.4 Å². The van der Waals surface area contributed by atoms with Gasteiger partial charge in [0.2, 0.25) is 0 Å². The van der Waals surface area contributed by atoms with Crippen molar-refractivity contribution < 1.29 is 14.3 Å². The van der Waals surface area contributed by atoms with Gasteiger partial charge in [0.15, 0.2) is 0 Å². The number of hydrogen-bond acceptors (Lipinski definition) is 3. The van der Waals surface area contributed by atoms with Crippen LogP contribution in [0.2, 0.25) is 0 Å².